The van der Waals surface area contributed by atoms with Gasteiger partial charge in [0.2, 0.25) is 17.8 Å². The van der Waals surface area contributed by atoms with Crippen molar-refractivity contribution < 1.29 is 18.4 Å². The van der Waals surface area contributed by atoms with Crippen molar-refractivity contribution in [2.45, 2.75) is 12.5 Å². The third-order valence-electron chi connectivity index (χ3n) is 3.03. The molecule has 0 bridgehead atoms. The lowest BCUT2D eigenvalue weighted by Gasteiger charge is -2.23. The average molecular weight is 293 g/mol. The molecule has 1 aromatic carbocycles. The molecule has 2 heterocycles. The van der Waals surface area contributed by atoms with Crippen molar-refractivity contribution in [1.29, 1.82) is 0 Å². The fourth-order valence-corrected chi connectivity index (χ4v) is 2.03. The van der Waals surface area contributed by atoms with Crippen molar-refractivity contribution in [1.82, 2.24) is 14.8 Å². The van der Waals surface area contributed by atoms with Gasteiger partial charge < -0.3 is 5.32 Å². The molecule has 1 aliphatic rings. The van der Waals surface area contributed by atoms with Gasteiger partial charge in [-0.1, -0.05) is 0 Å². The Morgan fingerprint density at radius 3 is 2.95 bits per heavy atom. The highest BCUT2D eigenvalue weighted by Gasteiger charge is 2.31. The van der Waals surface area contributed by atoms with Gasteiger partial charge in [0.15, 0.2) is 11.6 Å². The quantitative estimate of drug-likeness (QED) is 0.867. The molecule has 2 amide bonds. The number of fused-ring (bicyclic) bond motifs is 1. The molecule has 0 saturated carbocycles. The third-order valence-corrected chi connectivity index (χ3v) is 3.03. The summed E-state index contributed by atoms with van der Waals surface area (Å²) < 4.78 is 27.3. The van der Waals surface area contributed by atoms with E-state index in [4.69, 9.17) is 0 Å². The highest BCUT2D eigenvalue weighted by atomic mass is 19.2. The molecule has 0 spiro atoms. The van der Waals surface area contributed by atoms with Crippen LogP contribution in [-0.2, 0) is 9.59 Å². The number of amides is 2. The second kappa shape index (κ2) is 4.93. The van der Waals surface area contributed by atoms with Crippen LogP contribution in [0.2, 0.25) is 0 Å². The molecule has 0 saturated heterocycles. The number of carbonyl (C=O) groups excluding carboxylic acids is 2. The minimum Gasteiger partial charge on any atom is -0.324 e. The normalized spacial score (nSPS) is 17.0. The van der Waals surface area contributed by atoms with E-state index in [1.54, 1.807) is 0 Å². The molecule has 1 atom stereocenters. The van der Waals surface area contributed by atoms with Crippen LogP contribution >= 0.6 is 0 Å². The smallest absolute Gasteiger partial charge is 0.248 e. The first-order valence-corrected chi connectivity index (χ1v) is 6.00. The van der Waals surface area contributed by atoms with Gasteiger partial charge in [0, 0.05) is 11.8 Å². The summed E-state index contributed by atoms with van der Waals surface area (Å²) in [5.41, 5.74) is 0.0968. The Hall–Kier alpha value is -2.84. The molecule has 2 aromatic rings. The van der Waals surface area contributed by atoms with E-state index < -0.39 is 23.6 Å². The van der Waals surface area contributed by atoms with E-state index >= 15 is 0 Å². The van der Waals surface area contributed by atoms with Gasteiger partial charge in [-0.05, 0) is 12.1 Å². The summed E-state index contributed by atoms with van der Waals surface area (Å²) >= 11 is 0. The highest BCUT2D eigenvalue weighted by molar-refractivity contribution is 6.00. The predicted molar refractivity (Wildman–Crippen MR) is 67.3 cm³/mol. The van der Waals surface area contributed by atoms with Crippen molar-refractivity contribution >= 4 is 23.5 Å². The monoisotopic (exact) mass is 293 g/mol. The first-order valence-electron chi connectivity index (χ1n) is 6.00. The van der Waals surface area contributed by atoms with Gasteiger partial charge in [-0.3, -0.25) is 19.5 Å². The number of carbonyl (C=O) groups is 2. The van der Waals surface area contributed by atoms with Gasteiger partial charge in [0.05, 0.1) is 6.42 Å². The number of nitrogens with zero attached hydrogens (tertiary/aromatic N) is 3. The molecule has 7 nitrogen and oxygen atoms in total. The van der Waals surface area contributed by atoms with Crippen LogP contribution in [0, 0.1) is 11.6 Å². The summed E-state index contributed by atoms with van der Waals surface area (Å²) in [5.74, 6) is -2.83. The molecule has 3 rings (SSSR count). The molecule has 21 heavy (non-hydrogen) atoms. The summed E-state index contributed by atoms with van der Waals surface area (Å²) in [7, 11) is 0. The SMILES string of the molecule is O=C1C[C@H](C(=O)Nc2ccc(F)c(F)c2)n2cnnc2N1. The van der Waals surface area contributed by atoms with E-state index in [-0.39, 0.29) is 24.0 Å². The molecule has 9 heteroatoms. The fourth-order valence-electron chi connectivity index (χ4n) is 2.03. The van der Waals surface area contributed by atoms with Gasteiger partial charge in [0.25, 0.3) is 0 Å². The van der Waals surface area contributed by atoms with Gasteiger partial charge in [-0.15, -0.1) is 10.2 Å². The van der Waals surface area contributed by atoms with Crippen molar-refractivity contribution in [2.24, 2.45) is 0 Å². The Morgan fingerprint density at radius 2 is 2.19 bits per heavy atom. The number of rotatable bonds is 2. The zero-order chi connectivity index (χ0) is 15.0. The second-order valence-corrected chi connectivity index (χ2v) is 4.45. The highest BCUT2D eigenvalue weighted by Crippen LogP contribution is 2.24. The maximum Gasteiger partial charge on any atom is 0.248 e. The molecule has 0 radical (unpaired) electrons. The second-order valence-electron chi connectivity index (χ2n) is 4.45. The first kappa shape index (κ1) is 13.2. The number of hydrogen-bond acceptors (Lipinski definition) is 4. The van der Waals surface area contributed by atoms with Gasteiger partial charge >= 0.3 is 0 Å². The molecule has 108 valence electrons. The number of halogens is 2. The number of aromatic nitrogens is 3. The topological polar surface area (TPSA) is 88.9 Å². The fraction of sp³-hybridized carbons (Fsp3) is 0.167. The van der Waals surface area contributed by atoms with Crippen LogP contribution in [0.5, 0.6) is 0 Å². The Balaban J connectivity index is 1.83. The molecular weight excluding hydrogens is 284 g/mol. The van der Waals surface area contributed by atoms with Gasteiger partial charge in [0.1, 0.15) is 12.4 Å². The number of nitrogens with one attached hydrogen (secondary N) is 2. The maximum absolute atomic E-state index is 13.1. The maximum atomic E-state index is 13.1. The largest absolute Gasteiger partial charge is 0.324 e. The molecule has 0 unspecified atom stereocenters. The molecule has 0 fully saturated rings. The standard InChI is InChI=1S/C12H9F2N5O2/c13-7-2-1-6(3-8(7)14)16-11(21)9-4-10(20)17-12-18-15-5-19(9)12/h1-3,5,9H,4H2,(H,16,21)(H,17,18,20)/t9-/m1/s1. The Labute approximate surface area is 117 Å². The zero-order valence-electron chi connectivity index (χ0n) is 10.5. The van der Waals surface area contributed by atoms with Crippen LogP contribution < -0.4 is 10.6 Å². The van der Waals surface area contributed by atoms with Crippen LogP contribution in [0.1, 0.15) is 12.5 Å². The van der Waals surface area contributed by atoms with E-state index in [1.165, 1.54) is 17.0 Å². The molecule has 1 aliphatic heterocycles. The lowest BCUT2D eigenvalue weighted by Crippen LogP contribution is -2.35. The average Bonchev–Trinajstić information content (AvgIpc) is 2.90. The van der Waals surface area contributed by atoms with Crippen molar-refractivity contribution in [3.8, 4) is 0 Å². The summed E-state index contributed by atoms with van der Waals surface area (Å²) in [4.78, 5) is 23.7. The minimum atomic E-state index is -1.07. The lowest BCUT2D eigenvalue weighted by atomic mass is 10.1. The van der Waals surface area contributed by atoms with E-state index in [2.05, 4.69) is 20.8 Å². The van der Waals surface area contributed by atoms with Crippen LogP contribution in [0.25, 0.3) is 0 Å². The molecule has 0 aliphatic carbocycles. The number of benzene rings is 1. The Kier molecular flexibility index (Phi) is 3.09. The van der Waals surface area contributed by atoms with E-state index in [0.717, 1.165) is 12.1 Å². The van der Waals surface area contributed by atoms with Crippen molar-refractivity contribution in [3.63, 3.8) is 0 Å². The number of anilines is 2. The predicted octanol–water partition coefficient (Wildman–Crippen LogP) is 1.08. The summed E-state index contributed by atoms with van der Waals surface area (Å²) in [6.45, 7) is 0. The van der Waals surface area contributed by atoms with Crippen LogP contribution in [-0.4, -0.2) is 26.6 Å². The number of hydrogen-bond donors (Lipinski definition) is 2. The third kappa shape index (κ3) is 2.45. The zero-order valence-corrected chi connectivity index (χ0v) is 10.5. The van der Waals surface area contributed by atoms with Gasteiger partial charge in [-0.2, -0.15) is 0 Å². The van der Waals surface area contributed by atoms with Crippen LogP contribution in [0.15, 0.2) is 24.5 Å². The lowest BCUT2D eigenvalue weighted by molar-refractivity contribution is -0.125. The van der Waals surface area contributed by atoms with Crippen molar-refractivity contribution in [2.75, 3.05) is 10.6 Å². The summed E-state index contributed by atoms with van der Waals surface area (Å²) in [5, 5.41) is 12.2. The van der Waals surface area contributed by atoms with Gasteiger partial charge in [-0.25, -0.2) is 8.78 Å². The van der Waals surface area contributed by atoms with E-state index in [0.29, 0.717) is 0 Å². The van der Waals surface area contributed by atoms with E-state index in [1.807, 2.05) is 0 Å². The van der Waals surface area contributed by atoms with Crippen LogP contribution in [0.3, 0.4) is 0 Å². The Morgan fingerprint density at radius 1 is 1.38 bits per heavy atom. The molecule has 1 aromatic heterocycles. The summed E-state index contributed by atoms with van der Waals surface area (Å²) in [6, 6.07) is 2.15. The minimum absolute atomic E-state index is 0.0967. The molecular formula is C12H9F2N5O2. The first-order chi connectivity index (χ1) is 10.0. The van der Waals surface area contributed by atoms with Crippen molar-refractivity contribution in [3.05, 3.63) is 36.2 Å². The summed E-state index contributed by atoms with van der Waals surface area (Å²) in [6.07, 6.45) is 1.21. The Bertz CT molecular complexity index is 730. The molecule has 2 N–H and O–H groups in total. The van der Waals surface area contributed by atoms with Crippen LogP contribution in [0.4, 0.5) is 20.4 Å². The van der Waals surface area contributed by atoms with E-state index in [9.17, 15) is 18.4 Å².